The van der Waals surface area contributed by atoms with Gasteiger partial charge in [-0.1, -0.05) is 363 Å². The van der Waals surface area contributed by atoms with Crippen molar-refractivity contribution >= 4 is 39.5 Å². The molecule has 3 unspecified atom stereocenters. The topological polar surface area (TPSA) is 237 Å². The van der Waals surface area contributed by atoms with Crippen LogP contribution >= 0.6 is 15.6 Å². The fourth-order valence-electron chi connectivity index (χ4n) is 12.2. The van der Waals surface area contributed by atoms with E-state index in [1.54, 1.807) is 0 Å². The van der Waals surface area contributed by atoms with Gasteiger partial charge in [0.25, 0.3) is 0 Å². The first kappa shape index (κ1) is 96.1. The van der Waals surface area contributed by atoms with Crippen LogP contribution < -0.4 is 0 Å². The normalized spacial score (nSPS) is 14.2. The fraction of sp³-hybridized carbons (Fsp3) is 0.949. The lowest BCUT2D eigenvalue weighted by molar-refractivity contribution is -0.161. The Labute approximate surface area is 600 Å². The zero-order valence-electron chi connectivity index (χ0n) is 64.1. The van der Waals surface area contributed by atoms with E-state index in [0.717, 1.165) is 102 Å². The van der Waals surface area contributed by atoms with Gasteiger partial charge in [0, 0.05) is 25.7 Å². The Kier molecular flexibility index (Phi) is 69.3. The second-order valence-corrected chi connectivity index (χ2v) is 32.1. The minimum Gasteiger partial charge on any atom is -0.462 e. The van der Waals surface area contributed by atoms with Crippen molar-refractivity contribution in [3.63, 3.8) is 0 Å². The maximum Gasteiger partial charge on any atom is 0.472 e. The highest BCUT2D eigenvalue weighted by Crippen LogP contribution is 2.45. The summed E-state index contributed by atoms with van der Waals surface area (Å²) >= 11 is 0. The third-order valence-corrected chi connectivity index (χ3v) is 20.7. The lowest BCUT2D eigenvalue weighted by Gasteiger charge is -2.21. The molecule has 582 valence electrons. The summed E-state index contributed by atoms with van der Waals surface area (Å²) in [6.07, 6.45) is 59.8. The molecule has 0 heterocycles. The van der Waals surface area contributed by atoms with E-state index in [4.69, 9.17) is 37.0 Å². The number of aliphatic hydroxyl groups excluding tert-OH is 1. The number of hydrogen-bond donors (Lipinski definition) is 3. The number of carbonyl (C=O) groups is 4. The van der Waals surface area contributed by atoms with Crippen molar-refractivity contribution in [2.75, 3.05) is 39.6 Å². The summed E-state index contributed by atoms with van der Waals surface area (Å²) in [5.41, 5.74) is 0. The smallest absolute Gasteiger partial charge is 0.462 e. The van der Waals surface area contributed by atoms with E-state index in [-0.39, 0.29) is 25.7 Å². The number of unbranched alkanes of at least 4 members (excludes halogenated alkanes) is 47. The molecule has 0 aromatic heterocycles. The number of hydrogen-bond acceptors (Lipinski definition) is 15. The van der Waals surface area contributed by atoms with Crippen molar-refractivity contribution < 1.29 is 80.2 Å². The van der Waals surface area contributed by atoms with Gasteiger partial charge in [-0.15, -0.1) is 0 Å². The van der Waals surface area contributed by atoms with Crippen molar-refractivity contribution in [1.82, 2.24) is 0 Å². The second kappa shape index (κ2) is 70.7. The van der Waals surface area contributed by atoms with Crippen LogP contribution in [0.3, 0.4) is 0 Å². The number of phosphoric acid groups is 2. The number of carbonyl (C=O) groups excluding carboxylic acids is 4. The number of esters is 4. The van der Waals surface area contributed by atoms with Gasteiger partial charge >= 0.3 is 39.5 Å². The Morgan fingerprint density at radius 2 is 0.520 bits per heavy atom. The molecule has 0 aliphatic carbocycles. The molecule has 0 radical (unpaired) electrons. The van der Waals surface area contributed by atoms with Crippen LogP contribution in [0.5, 0.6) is 0 Å². The highest BCUT2D eigenvalue weighted by atomic mass is 31.2. The maximum absolute atomic E-state index is 13.1. The molecule has 98 heavy (non-hydrogen) atoms. The molecule has 17 nitrogen and oxygen atoms in total. The van der Waals surface area contributed by atoms with Gasteiger partial charge in [0.05, 0.1) is 26.4 Å². The van der Waals surface area contributed by atoms with Crippen LogP contribution in [-0.4, -0.2) is 96.7 Å². The maximum atomic E-state index is 13.1. The first-order valence-electron chi connectivity index (χ1n) is 41.0. The minimum atomic E-state index is -4.96. The van der Waals surface area contributed by atoms with E-state index in [2.05, 4.69) is 41.5 Å². The fourth-order valence-corrected chi connectivity index (χ4v) is 13.7. The standard InChI is InChI=1S/C79H154O17P2/c1-7-10-12-14-16-18-20-22-24-26-28-30-32-34-36-43-49-55-61-76(81)89-67-74(95-78(83)63-57-51-44-37-35-33-31-29-27-25-23-21-19-17-15-13-11-8-2)69-93-97(85,86)91-65-73(80)66-92-98(87,88)94-70-75(68-90-77(82)62-56-50-46-40-41-47-53-59-71(4)5)96-79(84)64-58-52-45-39-38-42-48-54-60-72(6)9-3/h71-75,80H,7-70H2,1-6H3,(H,85,86)(H,87,88)/t72?,73-,74-,75-/m1/s1. The Bertz CT molecular complexity index is 1890. The van der Waals surface area contributed by atoms with Gasteiger partial charge in [-0.05, 0) is 37.5 Å². The van der Waals surface area contributed by atoms with Crippen LogP contribution in [0.25, 0.3) is 0 Å². The van der Waals surface area contributed by atoms with Gasteiger partial charge in [0.1, 0.15) is 19.3 Å². The van der Waals surface area contributed by atoms with Crippen molar-refractivity contribution in [3.05, 3.63) is 0 Å². The summed E-state index contributed by atoms with van der Waals surface area (Å²) in [5, 5.41) is 10.6. The van der Waals surface area contributed by atoms with E-state index >= 15 is 0 Å². The molecule has 0 rings (SSSR count). The molecule has 0 aliphatic heterocycles. The lowest BCUT2D eigenvalue weighted by atomic mass is 9.99. The zero-order chi connectivity index (χ0) is 72.1. The SMILES string of the molecule is CCCCCCCCCCCCCCCCCCCCC(=O)OC[C@H](COP(=O)(O)OC[C@@H](O)COP(=O)(O)OC[C@@H](COC(=O)CCCCCCCCCC(C)C)OC(=O)CCCCCCCCCCC(C)CC)OC(=O)CCCCCCCCCCCCCCCCCCCC. The molecule has 3 N–H and O–H groups in total. The predicted octanol–water partition coefficient (Wildman–Crippen LogP) is 23.5. The van der Waals surface area contributed by atoms with Crippen LogP contribution in [-0.2, 0) is 65.4 Å². The summed E-state index contributed by atoms with van der Waals surface area (Å²) in [6, 6.07) is 0. The quantitative estimate of drug-likeness (QED) is 0.0222. The first-order chi connectivity index (χ1) is 47.4. The minimum absolute atomic E-state index is 0.104. The van der Waals surface area contributed by atoms with E-state index in [9.17, 15) is 43.2 Å². The summed E-state index contributed by atoms with van der Waals surface area (Å²) < 4.78 is 68.6. The van der Waals surface area contributed by atoms with Crippen molar-refractivity contribution in [3.8, 4) is 0 Å². The average Bonchev–Trinajstić information content (AvgIpc) is 1.50. The second-order valence-electron chi connectivity index (χ2n) is 29.2. The van der Waals surface area contributed by atoms with Crippen molar-refractivity contribution in [2.24, 2.45) is 11.8 Å². The highest BCUT2D eigenvalue weighted by Gasteiger charge is 2.30. The molecule has 0 aromatic carbocycles. The van der Waals surface area contributed by atoms with E-state index < -0.39 is 97.5 Å². The van der Waals surface area contributed by atoms with Crippen molar-refractivity contribution in [1.29, 1.82) is 0 Å². The Balaban J connectivity index is 5.23. The average molecular weight is 1440 g/mol. The van der Waals surface area contributed by atoms with Crippen LogP contribution in [0.2, 0.25) is 0 Å². The Hall–Kier alpha value is -1.94. The number of rotatable bonds is 78. The molecular formula is C79H154O17P2. The predicted molar refractivity (Wildman–Crippen MR) is 400 cm³/mol. The molecule has 0 saturated heterocycles. The molecular weight excluding hydrogens is 1280 g/mol. The van der Waals surface area contributed by atoms with Gasteiger partial charge in [-0.2, -0.15) is 0 Å². The molecule has 0 saturated carbocycles. The van der Waals surface area contributed by atoms with Gasteiger partial charge in [0.2, 0.25) is 0 Å². The number of aliphatic hydroxyl groups is 1. The highest BCUT2D eigenvalue weighted by molar-refractivity contribution is 7.47. The molecule has 6 atom stereocenters. The molecule has 0 spiro atoms. The molecule has 0 aliphatic rings. The third kappa shape index (κ3) is 71.1. The zero-order valence-corrected chi connectivity index (χ0v) is 65.9. The van der Waals surface area contributed by atoms with Crippen LogP contribution in [0.4, 0.5) is 0 Å². The van der Waals surface area contributed by atoms with Crippen LogP contribution in [0.15, 0.2) is 0 Å². The molecule has 0 bridgehead atoms. The van der Waals surface area contributed by atoms with E-state index in [0.29, 0.717) is 31.6 Å². The summed E-state index contributed by atoms with van der Waals surface area (Å²) in [7, 11) is -9.92. The van der Waals surface area contributed by atoms with E-state index in [1.807, 2.05) is 0 Å². The van der Waals surface area contributed by atoms with Gasteiger partial charge in [-0.25, -0.2) is 9.13 Å². The van der Waals surface area contributed by atoms with Gasteiger partial charge < -0.3 is 33.8 Å². The molecule has 0 aromatic rings. The largest absolute Gasteiger partial charge is 0.472 e. The molecule has 0 amide bonds. The lowest BCUT2D eigenvalue weighted by Crippen LogP contribution is -2.30. The number of phosphoric ester groups is 2. The monoisotopic (exact) mass is 1440 g/mol. The van der Waals surface area contributed by atoms with Gasteiger partial charge in [-0.3, -0.25) is 37.3 Å². The number of ether oxygens (including phenoxy) is 4. The van der Waals surface area contributed by atoms with Crippen LogP contribution in [0, 0.1) is 11.8 Å². The van der Waals surface area contributed by atoms with Gasteiger partial charge in [0.15, 0.2) is 12.2 Å². The first-order valence-corrected chi connectivity index (χ1v) is 44.0. The molecule has 0 fully saturated rings. The summed E-state index contributed by atoms with van der Waals surface area (Å²) in [4.78, 5) is 72.9. The third-order valence-electron chi connectivity index (χ3n) is 18.8. The molecule has 19 heteroatoms. The summed E-state index contributed by atoms with van der Waals surface area (Å²) in [5.74, 6) is -0.639. The Morgan fingerprint density at radius 1 is 0.296 bits per heavy atom. The van der Waals surface area contributed by atoms with Crippen LogP contribution in [0.1, 0.15) is 414 Å². The summed E-state index contributed by atoms with van der Waals surface area (Å²) in [6.45, 7) is 9.56. The van der Waals surface area contributed by atoms with Crippen molar-refractivity contribution in [2.45, 2.75) is 432 Å². The Morgan fingerprint density at radius 3 is 0.776 bits per heavy atom. The van der Waals surface area contributed by atoms with E-state index in [1.165, 1.54) is 225 Å².